The molecule has 1 aromatic heterocycles. The zero-order valence-electron chi connectivity index (χ0n) is 9.80. The van der Waals surface area contributed by atoms with Crippen molar-refractivity contribution < 1.29 is 8.78 Å². The van der Waals surface area contributed by atoms with E-state index < -0.39 is 11.6 Å². The molecule has 1 unspecified atom stereocenters. The number of anilines is 1. The number of aryl methyl sites for hydroxylation is 1. The third kappa shape index (κ3) is 2.79. The van der Waals surface area contributed by atoms with Gasteiger partial charge in [-0.2, -0.15) is 0 Å². The van der Waals surface area contributed by atoms with Crippen molar-refractivity contribution in [3.63, 3.8) is 0 Å². The second kappa shape index (κ2) is 5.20. The first-order chi connectivity index (χ1) is 8.47. The van der Waals surface area contributed by atoms with Crippen LogP contribution in [0, 0.1) is 18.6 Å². The molecule has 6 heteroatoms. The molecule has 0 fully saturated rings. The molecular formula is C12H11ClF2N2S. The molecule has 0 aliphatic rings. The quantitative estimate of drug-likeness (QED) is 0.896. The van der Waals surface area contributed by atoms with Crippen molar-refractivity contribution in [1.82, 2.24) is 4.98 Å². The zero-order chi connectivity index (χ0) is 13.3. The van der Waals surface area contributed by atoms with Gasteiger partial charge in [0.15, 0.2) is 5.82 Å². The highest BCUT2D eigenvalue weighted by atomic mass is 35.5. The number of thiazole rings is 1. The Labute approximate surface area is 113 Å². The van der Waals surface area contributed by atoms with Crippen molar-refractivity contribution in [3.05, 3.63) is 44.9 Å². The van der Waals surface area contributed by atoms with Crippen LogP contribution >= 0.6 is 22.9 Å². The minimum absolute atomic E-state index is 0.0197. The summed E-state index contributed by atoms with van der Waals surface area (Å²) in [7, 11) is 0. The van der Waals surface area contributed by atoms with Gasteiger partial charge in [0.1, 0.15) is 5.82 Å². The molecule has 2 nitrogen and oxygen atoms in total. The summed E-state index contributed by atoms with van der Waals surface area (Å²) in [6.45, 7) is 3.74. The molecule has 0 aliphatic heterocycles. The summed E-state index contributed by atoms with van der Waals surface area (Å²) in [5, 5.41) is 5.75. The molecule has 2 rings (SSSR count). The Morgan fingerprint density at radius 1 is 1.39 bits per heavy atom. The average Bonchev–Trinajstić information content (AvgIpc) is 2.70. The first-order valence-corrected chi connectivity index (χ1v) is 6.56. The third-order valence-electron chi connectivity index (χ3n) is 2.45. The Hall–Kier alpha value is -1.20. The fourth-order valence-electron chi connectivity index (χ4n) is 1.55. The van der Waals surface area contributed by atoms with E-state index in [-0.39, 0.29) is 16.8 Å². The molecule has 0 aliphatic carbocycles. The van der Waals surface area contributed by atoms with Gasteiger partial charge in [-0.05, 0) is 19.9 Å². The van der Waals surface area contributed by atoms with E-state index in [9.17, 15) is 8.78 Å². The van der Waals surface area contributed by atoms with Gasteiger partial charge in [0, 0.05) is 11.4 Å². The Balaban J connectivity index is 2.24. The molecule has 1 aromatic carbocycles. The average molecular weight is 289 g/mol. The van der Waals surface area contributed by atoms with Crippen LogP contribution in [0.15, 0.2) is 17.5 Å². The maximum Gasteiger partial charge on any atom is 0.150 e. The summed E-state index contributed by atoms with van der Waals surface area (Å²) in [5.74, 6) is -1.40. The van der Waals surface area contributed by atoms with Crippen molar-refractivity contribution in [1.29, 1.82) is 0 Å². The van der Waals surface area contributed by atoms with E-state index in [1.165, 1.54) is 11.3 Å². The number of hydrogen-bond acceptors (Lipinski definition) is 3. The van der Waals surface area contributed by atoms with Crippen LogP contribution in [0.3, 0.4) is 0 Å². The Kier molecular flexibility index (Phi) is 3.82. The highest BCUT2D eigenvalue weighted by Gasteiger charge is 2.15. The summed E-state index contributed by atoms with van der Waals surface area (Å²) in [5.41, 5.74) is 0.897. The van der Waals surface area contributed by atoms with E-state index in [4.69, 9.17) is 11.6 Å². The van der Waals surface area contributed by atoms with Gasteiger partial charge in [-0.1, -0.05) is 11.6 Å². The highest BCUT2D eigenvalue weighted by Crippen LogP contribution is 2.30. The van der Waals surface area contributed by atoms with E-state index >= 15 is 0 Å². The van der Waals surface area contributed by atoms with Crippen molar-refractivity contribution >= 4 is 28.6 Å². The van der Waals surface area contributed by atoms with Crippen LogP contribution in [0.2, 0.25) is 5.02 Å². The van der Waals surface area contributed by atoms with Gasteiger partial charge >= 0.3 is 0 Å². The third-order valence-corrected chi connectivity index (χ3v) is 3.54. The lowest BCUT2D eigenvalue weighted by Crippen LogP contribution is -2.09. The van der Waals surface area contributed by atoms with Gasteiger partial charge in [0.05, 0.1) is 27.5 Å². The first-order valence-electron chi connectivity index (χ1n) is 5.30. The number of hydrogen-bond donors (Lipinski definition) is 1. The monoisotopic (exact) mass is 288 g/mol. The maximum absolute atomic E-state index is 13.6. The van der Waals surface area contributed by atoms with Crippen LogP contribution in [-0.2, 0) is 0 Å². The molecule has 0 saturated heterocycles. The summed E-state index contributed by atoms with van der Waals surface area (Å²) in [6.07, 6.45) is 0. The molecule has 96 valence electrons. The number of rotatable bonds is 3. The second-order valence-corrected chi connectivity index (χ2v) is 5.37. The van der Waals surface area contributed by atoms with E-state index in [1.54, 1.807) is 0 Å². The predicted molar refractivity (Wildman–Crippen MR) is 70.3 cm³/mol. The summed E-state index contributed by atoms with van der Waals surface area (Å²) in [6, 6.07) is 1.67. The van der Waals surface area contributed by atoms with Gasteiger partial charge in [-0.3, -0.25) is 0 Å². The summed E-state index contributed by atoms with van der Waals surface area (Å²) >= 11 is 7.33. The molecule has 0 saturated carbocycles. The topological polar surface area (TPSA) is 24.9 Å². The molecule has 0 spiro atoms. The van der Waals surface area contributed by atoms with Crippen LogP contribution in [0.5, 0.6) is 0 Å². The molecule has 1 atom stereocenters. The largest absolute Gasteiger partial charge is 0.373 e. The number of halogens is 3. The van der Waals surface area contributed by atoms with E-state index in [2.05, 4.69) is 10.3 Å². The molecule has 2 aromatic rings. The maximum atomic E-state index is 13.6. The molecule has 0 radical (unpaired) electrons. The van der Waals surface area contributed by atoms with Crippen LogP contribution in [-0.4, -0.2) is 4.98 Å². The molecular weight excluding hydrogens is 278 g/mol. The Morgan fingerprint density at radius 2 is 2.11 bits per heavy atom. The van der Waals surface area contributed by atoms with Crippen LogP contribution in [0.4, 0.5) is 14.5 Å². The van der Waals surface area contributed by atoms with Crippen molar-refractivity contribution in [2.45, 2.75) is 19.9 Å². The van der Waals surface area contributed by atoms with Crippen molar-refractivity contribution in [3.8, 4) is 0 Å². The number of nitrogens with zero attached hydrogens (tertiary/aromatic N) is 1. The normalized spacial score (nSPS) is 12.5. The molecule has 1 heterocycles. The lowest BCUT2D eigenvalue weighted by molar-refractivity contribution is 0.583. The van der Waals surface area contributed by atoms with Crippen molar-refractivity contribution in [2.75, 3.05) is 5.32 Å². The minimum Gasteiger partial charge on any atom is -0.373 e. The molecule has 1 N–H and O–H groups in total. The van der Waals surface area contributed by atoms with Crippen molar-refractivity contribution in [2.24, 2.45) is 0 Å². The number of benzene rings is 1. The van der Waals surface area contributed by atoms with Gasteiger partial charge in [0.25, 0.3) is 0 Å². The van der Waals surface area contributed by atoms with Gasteiger partial charge in [-0.25, -0.2) is 13.8 Å². The smallest absolute Gasteiger partial charge is 0.150 e. The number of nitrogens with one attached hydrogen (secondary N) is 1. The predicted octanol–water partition coefficient (Wildman–Crippen LogP) is 4.56. The van der Waals surface area contributed by atoms with E-state index in [0.717, 1.165) is 22.8 Å². The fraction of sp³-hybridized carbons (Fsp3) is 0.250. The molecule has 0 bridgehead atoms. The summed E-state index contributed by atoms with van der Waals surface area (Å²) < 4.78 is 26.5. The fourth-order valence-corrected chi connectivity index (χ4v) is 2.50. The minimum atomic E-state index is -0.709. The Bertz CT molecular complexity index is 548. The van der Waals surface area contributed by atoms with Crippen LogP contribution < -0.4 is 5.32 Å². The van der Waals surface area contributed by atoms with Gasteiger partial charge in [0.2, 0.25) is 0 Å². The Morgan fingerprint density at radius 3 is 2.67 bits per heavy atom. The zero-order valence-corrected chi connectivity index (χ0v) is 11.4. The first kappa shape index (κ1) is 13.2. The molecule has 0 amide bonds. The summed E-state index contributed by atoms with van der Waals surface area (Å²) in [4.78, 5) is 4.30. The molecule has 18 heavy (non-hydrogen) atoms. The van der Waals surface area contributed by atoms with Gasteiger partial charge in [-0.15, -0.1) is 11.3 Å². The lowest BCUT2D eigenvalue weighted by Gasteiger charge is -2.15. The second-order valence-electron chi connectivity index (χ2n) is 3.90. The van der Waals surface area contributed by atoms with Crippen LogP contribution in [0.25, 0.3) is 0 Å². The standard InChI is InChI=1S/C12H11ClF2N2S/c1-6(11-5-18-7(2)17-11)16-12-9(13)3-8(14)4-10(12)15/h3-6,16H,1-2H3. The SMILES string of the molecule is Cc1nc(C(C)Nc2c(F)cc(F)cc2Cl)cs1. The lowest BCUT2D eigenvalue weighted by atomic mass is 10.2. The highest BCUT2D eigenvalue weighted by molar-refractivity contribution is 7.09. The number of aromatic nitrogens is 1. The van der Waals surface area contributed by atoms with Gasteiger partial charge < -0.3 is 5.32 Å². The van der Waals surface area contributed by atoms with E-state index in [1.807, 2.05) is 19.2 Å². The van der Waals surface area contributed by atoms with E-state index in [0.29, 0.717) is 0 Å². The van der Waals surface area contributed by atoms with Crippen LogP contribution in [0.1, 0.15) is 23.7 Å².